The molecule has 174 valence electrons. The maximum atomic E-state index is 11.4. The van der Waals surface area contributed by atoms with Crippen molar-refractivity contribution in [1.29, 1.82) is 0 Å². The Balaban J connectivity index is 1.53. The van der Waals surface area contributed by atoms with E-state index in [1.54, 1.807) is 0 Å². The van der Waals surface area contributed by atoms with E-state index in [9.17, 15) is 5.11 Å². The van der Waals surface area contributed by atoms with Gasteiger partial charge in [0.25, 0.3) is 0 Å². The third-order valence-corrected chi connectivity index (χ3v) is 6.28. The Morgan fingerprint density at radius 3 is 1.74 bits per heavy atom. The van der Waals surface area contributed by atoms with E-state index in [4.69, 9.17) is 4.74 Å². The van der Waals surface area contributed by atoms with Crippen LogP contribution in [0.1, 0.15) is 40.8 Å². The van der Waals surface area contributed by atoms with Crippen molar-refractivity contribution in [2.75, 3.05) is 0 Å². The number of nitrogens with zero attached hydrogens (tertiary/aromatic N) is 1. The lowest BCUT2D eigenvalue weighted by molar-refractivity contribution is 0.0482. The Morgan fingerprint density at radius 1 is 0.706 bits per heavy atom. The monoisotopic (exact) mass is 450 g/mol. The highest BCUT2D eigenvalue weighted by atomic mass is 16.5. The first-order chi connectivity index (χ1) is 16.6. The highest BCUT2D eigenvalue weighted by molar-refractivity contribution is 5.38. The number of ether oxygens (including phenoxy) is 1. The van der Waals surface area contributed by atoms with Crippen LogP contribution in [-0.4, -0.2) is 16.0 Å². The Kier molecular flexibility index (Phi) is 8.13. The Morgan fingerprint density at radius 2 is 1.21 bits per heavy atom. The maximum Gasteiger partial charge on any atom is 0.123 e. The van der Waals surface area contributed by atoms with E-state index in [0.717, 1.165) is 35.5 Å². The summed E-state index contributed by atoms with van der Waals surface area (Å²) in [5, 5.41) is 11.4. The molecule has 0 aliphatic rings. The van der Waals surface area contributed by atoms with Gasteiger partial charge in [0.15, 0.2) is 0 Å². The van der Waals surface area contributed by atoms with Crippen molar-refractivity contribution in [3.05, 3.63) is 137 Å². The van der Waals surface area contributed by atoms with Crippen LogP contribution in [0.15, 0.2) is 109 Å². The van der Waals surface area contributed by atoms with Gasteiger partial charge in [0, 0.05) is 19.1 Å². The molecule has 0 saturated heterocycles. The van der Waals surface area contributed by atoms with Gasteiger partial charge in [-0.3, -0.25) is 4.90 Å². The van der Waals surface area contributed by atoms with Crippen LogP contribution in [0.2, 0.25) is 0 Å². The van der Waals surface area contributed by atoms with E-state index in [1.807, 2.05) is 55.5 Å². The van der Waals surface area contributed by atoms with E-state index < -0.39 is 6.10 Å². The van der Waals surface area contributed by atoms with Crippen molar-refractivity contribution < 1.29 is 9.84 Å². The lowest BCUT2D eigenvalue weighted by atomic mass is 9.95. The normalized spacial score (nSPS) is 12.9. The molecule has 0 aliphatic carbocycles. The van der Waals surface area contributed by atoms with Gasteiger partial charge in [0.1, 0.15) is 12.4 Å². The minimum absolute atomic E-state index is 0.0925. The summed E-state index contributed by atoms with van der Waals surface area (Å²) < 4.78 is 6.12. The smallest absolute Gasteiger partial charge is 0.123 e. The fourth-order valence-corrected chi connectivity index (χ4v) is 4.15. The zero-order chi connectivity index (χ0) is 23.8. The van der Waals surface area contributed by atoms with E-state index in [1.165, 1.54) is 11.1 Å². The lowest BCUT2D eigenvalue weighted by Crippen LogP contribution is -2.36. The zero-order valence-electron chi connectivity index (χ0n) is 20.0. The van der Waals surface area contributed by atoms with Crippen LogP contribution in [0, 0.1) is 6.92 Å². The summed E-state index contributed by atoms with van der Waals surface area (Å²) in [6, 6.07) is 37.0. The van der Waals surface area contributed by atoms with Gasteiger partial charge in [0.2, 0.25) is 0 Å². The van der Waals surface area contributed by atoms with Gasteiger partial charge in [-0.1, -0.05) is 103 Å². The minimum Gasteiger partial charge on any atom is -0.489 e. The average Bonchev–Trinajstić information content (AvgIpc) is 2.89. The summed E-state index contributed by atoms with van der Waals surface area (Å²) in [5.41, 5.74) is 5.51. The third kappa shape index (κ3) is 6.34. The van der Waals surface area contributed by atoms with Gasteiger partial charge in [0.05, 0.1) is 6.10 Å². The standard InChI is InChI=1S/C31H33NO2/c1-24-18-19-29(20-30(24)34-23-28-16-10-5-11-17-28)31(33)25(2)32(21-26-12-6-3-7-13-26)22-27-14-8-4-9-15-27/h3-20,25,31,33H,21-23H2,1-2H3/t25-,31-/m0/s1/i1-1. The molecule has 0 saturated carbocycles. The SMILES string of the molecule is C[C@@H]([C@H](O)c1ccc([11CH3])c(OCc2ccccc2)c1)N(Cc1ccccc1)Cc1ccccc1. The Hall–Kier alpha value is -3.40. The predicted octanol–water partition coefficient (Wildman–Crippen LogP) is 6.70. The zero-order valence-corrected chi connectivity index (χ0v) is 20.0. The van der Waals surface area contributed by atoms with Crippen LogP contribution >= 0.6 is 0 Å². The van der Waals surface area contributed by atoms with Crippen molar-refractivity contribution in [3.8, 4) is 5.75 Å². The van der Waals surface area contributed by atoms with Crippen LogP contribution in [0.3, 0.4) is 0 Å². The molecule has 0 amide bonds. The first-order valence-corrected chi connectivity index (χ1v) is 11.9. The fourth-order valence-electron chi connectivity index (χ4n) is 4.15. The largest absolute Gasteiger partial charge is 0.489 e. The van der Waals surface area contributed by atoms with E-state index in [-0.39, 0.29) is 6.04 Å². The molecule has 34 heavy (non-hydrogen) atoms. The molecule has 4 rings (SSSR count). The topological polar surface area (TPSA) is 32.7 Å². The molecule has 0 fully saturated rings. The van der Waals surface area contributed by atoms with Gasteiger partial charge in [-0.2, -0.15) is 0 Å². The second-order valence-electron chi connectivity index (χ2n) is 8.86. The van der Waals surface area contributed by atoms with Crippen molar-refractivity contribution in [1.82, 2.24) is 4.90 Å². The second kappa shape index (κ2) is 11.6. The van der Waals surface area contributed by atoms with E-state index in [0.29, 0.717) is 6.61 Å². The summed E-state index contributed by atoms with van der Waals surface area (Å²) >= 11 is 0. The molecule has 4 aromatic carbocycles. The Labute approximate surface area is 203 Å². The van der Waals surface area contributed by atoms with Gasteiger partial charge in [-0.15, -0.1) is 0 Å². The van der Waals surface area contributed by atoms with Crippen molar-refractivity contribution in [2.24, 2.45) is 0 Å². The summed E-state index contributed by atoms with van der Waals surface area (Å²) in [5.74, 6) is 0.810. The number of rotatable bonds is 10. The summed E-state index contributed by atoms with van der Waals surface area (Å²) in [7, 11) is 0. The summed E-state index contributed by atoms with van der Waals surface area (Å²) in [6.45, 7) is 6.16. The van der Waals surface area contributed by atoms with Gasteiger partial charge < -0.3 is 9.84 Å². The highest BCUT2D eigenvalue weighted by Crippen LogP contribution is 2.29. The molecule has 1 N–H and O–H groups in total. The molecule has 0 aliphatic heterocycles. The number of aliphatic hydroxyl groups is 1. The molecule has 4 aromatic rings. The predicted molar refractivity (Wildman–Crippen MR) is 139 cm³/mol. The highest BCUT2D eigenvalue weighted by Gasteiger charge is 2.24. The molecule has 3 nitrogen and oxygen atoms in total. The van der Waals surface area contributed by atoms with Gasteiger partial charge in [-0.25, -0.2) is 0 Å². The molecule has 3 heteroatoms. The third-order valence-electron chi connectivity index (χ3n) is 6.28. The quantitative estimate of drug-likeness (QED) is 0.292. The average molecular weight is 451 g/mol. The second-order valence-corrected chi connectivity index (χ2v) is 8.86. The lowest BCUT2D eigenvalue weighted by Gasteiger charge is -2.33. The molecule has 2 atom stereocenters. The van der Waals surface area contributed by atoms with Crippen LogP contribution in [0.5, 0.6) is 5.75 Å². The molecule has 0 heterocycles. The van der Waals surface area contributed by atoms with Crippen LogP contribution in [0.4, 0.5) is 0 Å². The van der Waals surface area contributed by atoms with Gasteiger partial charge >= 0.3 is 0 Å². The van der Waals surface area contributed by atoms with E-state index in [2.05, 4.69) is 72.5 Å². The number of aliphatic hydroxyl groups excluding tert-OH is 1. The maximum absolute atomic E-state index is 11.4. The van der Waals surface area contributed by atoms with E-state index >= 15 is 0 Å². The molecule has 0 unspecified atom stereocenters. The fraction of sp³-hybridized carbons (Fsp3) is 0.226. The van der Waals surface area contributed by atoms with Crippen molar-refractivity contribution in [3.63, 3.8) is 0 Å². The molecule has 0 bridgehead atoms. The molecule has 0 spiro atoms. The summed E-state index contributed by atoms with van der Waals surface area (Å²) in [6.07, 6.45) is -0.646. The molecular formula is C31H33NO2. The molecule has 0 radical (unpaired) electrons. The first kappa shape index (κ1) is 23.7. The molecular weight excluding hydrogens is 417 g/mol. The van der Waals surface area contributed by atoms with Crippen LogP contribution in [0.25, 0.3) is 0 Å². The Bertz CT molecular complexity index is 1100. The van der Waals surface area contributed by atoms with Gasteiger partial charge in [-0.05, 0) is 47.7 Å². The van der Waals surface area contributed by atoms with Crippen molar-refractivity contribution in [2.45, 2.75) is 45.7 Å². The van der Waals surface area contributed by atoms with Crippen LogP contribution < -0.4 is 4.74 Å². The summed E-state index contributed by atoms with van der Waals surface area (Å²) in [4.78, 5) is 2.33. The number of benzene rings is 4. The number of hydrogen-bond acceptors (Lipinski definition) is 3. The number of hydrogen-bond donors (Lipinski definition) is 1. The van der Waals surface area contributed by atoms with Crippen LogP contribution in [-0.2, 0) is 19.7 Å². The number of aryl methyl sites for hydroxylation is 1. The van der Waals surface area contributed by atoms with Crippen molar-refractivity contribution >= 4 is 0 Å². The first-order valence-electron chi connectivity index (χ1n) is 11.9. The molecule has 0 aromatic heterocycles. The minimum atomic E-state index is -0.646.